The van der Waals surface area contributed by atoms with Crippen LogP contribution in [0.5, 0.6) is 5.75 Å². The van der Waals surface area contributed by atoms with E-state index in [2.05, 4.69) is 4.74 Å². The molecule has 0 aliphatic heterocycles. The molecule has 0 bridgehead atoms. The van der Waals surface area contributed by atoms with Gasteiger partial charge < -0.3 is 9.84 Å². The maximum absolute atomic E-state index is 13.8. The van der Waals surface area contributed by atoms with Gasteiger partial charge in [-0.3, -0.25) is 4.79 Å². The van der Waals surface area contributed by atoms with Crippen molar-refractivity contribution in [2.24, 2.45) is 17.3 Å². The van der Waals surface area contributed by atoms with Gasteiger partial charge in [-0.2, -0.15) is 8.78 Å². The number of halogens is 4. The van der Waals surface area contributed by atoms with Crippen LogP contribution >= 0.6 is 23.2 Å². The number of ether oxygens (including phenoxy) is 1. The van der Waals surface area contributed by atoms with Crippen LogP contribution in [0, 0.1) is 17.3 Å². The molecule has 1 aliphatic carbocycles. The number of rotatable bonds is 5. The largest absolute Gasteiger partial charge is 0.481 e. The standard InChI is InChI=1S/C15H14Cl2F2O3/c1-14(2)9(12(14)13(20)21)5-6-15(18,19)22-11-4-3-8(16)7-10(11)17/h3-7,9,12H,1-2H3,(H,20,21). The lowest BCUT2D eigenvalue weighted by molar-refractivity contribution is -0.139. The molecule has 1 saturated carbocycles. The smallest absolute Gasteiger partial charge is 0.419 e. The highest BCUT2D eigenvalue weighted by molar-refractivity contribution is 6.35. The first kappa shape index (κ1) is 17.0. The van der Waals surface area contributed by atoms with Gasteiger partial charge in [0.15, 0.2) is 0 Å². The second-order valence-electron chi connectivity index (χ2n) is 5.76. The molecule has 0 amide bonds. The summed E-state index contributed by atoms with van der Waals surface area (Å²) < 4.78 is 32.2. The van der Waals surface area contributed by atoms with Crippen LogP contribution in [0.4, 0.5) is 8.78 Å². The normalized spacial score (nSPS) is 23.5. The Bertz CT molecular complexity index is 629. The Hall–Kier alpha value is -1.33. The van der Waals surface area contributed by atoms with Gasteiger partial charge in [0.1, 0.15) is 5.75 Å². The molecule has 2 rings (SSSR count). The number of allylic oxidation sites excluding steroid dienone is 1. The van der Waals surface area contributed by atoms with Crippen molar-refractivity contribution in [3.05, 3.63) is 40.4 Å². The first-order valence-corrected chi connectivity index (χ1v) is 7.24. The molecule has 2 unspecified atom stereocenters. The van der Waals surface area contributed by atoms with E-state index in [-0.39, 0.29) is 10.8 Å². The van der Waals surface area contributed by atoms with Crippen LogP contribution < -0.4 is 4.74 Å². The van der Waals surface area contributed by atoms with Crippen LogP contribution in [0.15, 0.2) is 30.4 Å². The molecule has 0 saturated heterocycles. The summed E-state index contributed by atoms with van der Waals surface area (Å²) in [5.41, 5.74) is -0.545. The van der Waals surface area contributed by atoms with E-state index in [1.165, 1.54) is 24.3 Å². The number of aliphatic carboxylic acids is 1. The topological polar surface area (TPSA) is 46.5 Å². The number of hydrogen-bond donors (Lipinski definition) is 1. The Labute approximate surface area is 136 Å². The van der Waals surface area contributed by atoms with Crippen molar-refractivity contribution in [2.75, 3.05) is 0 Å². The molecule has 2 atom stereocenters. The summed E-state index contributed by atoms with van der Waals surface area (Å²) in [6.45, 7) is 3.44. The molecule has 0 aromatic heterocycles. The molecule has 1 aromatic carbocycles. The molecule has 3 nitrogen and oxygen atoms in total. The lowest BCUT2D eigenvalue weighted by Crippen LogP contribution is -2.21. The van der Waals surface area contributed by atoms with E-state index in [9.17, 15) is 13.6 Å². The minimum absolute atomic E-state index is 0.0317. The van der Waals surface area contributed by atoms with E-state index in [1.54, 1.807) is 13.8 Å². The van der Waals surface area contributed by atoms with Gasteiger partial charge in [-0.15, -0.1) is 0 Å². The maximum atomic E-state index is 13.8. The second kappa shape index (κ2) is 5.70. The first-order chi connectivity index (χ1) is 10.0. The fraction of sp³-hybridized carbons (Fsp3) is 0.400. The van der Waals surface area contributed by atoms with Crippen molar-refractivity contribution in [3.8, 4) is 5.75 Å². The zero-order chi connectivity index (χ0) is 16.7. The van der Waals surface area contributed by atoms with Gasteiger partial charge in [0.05, 0.1) is 10.9 Å². The molecule has 0 radical (unpaired) electrons. The highest BCUT2D eigenvalue weighted by Crippen LogP contribution is 2.59. The molecule has 7 heteroatoms. The maximum Gasteiger partial charge on any atom is 0.419 e. The van der Waals surface area contributed by atoms with Gasteiger partial charge >= 0.3 is 12.1 Å². The monoisotopic (exact) mass is 350 g/mol. The average Bonchev–Trinajstić information content (AvgIpc) is 2.92. The van der Waals surface area contributed by atoms with Gasteiger partial charge in [0, 0.05) is 11.1 Å². The van der Waals surface area contributed by atoms with E-state index in [4.69, 9.17) is 28.3 Å². The highest BCUT2D eigenvalue weighted by Gasteiger charge is 2.61. The van der Waals surface area contributed by atoms with Crippen molar-refractivity contribution < 1.29 is 23.4 Å². The van der Waals surface area contributed by atoms with Crippen LogP contribution in [0.25, 0.3) is 0 Å². The lowest BCUT2D eigenvalue weighted by Gasteiger charge is -2.15. The van der Waals surface area contributed by atoms with Gasteiger partial charge in [-0.1, -0.05) is 43.1 Å². The van der Waals surface area contributed by atoms with E-state index in [0.717, 1.165) is 0 Å². The first-order valence-electron chi connectivity index (χ1n) is 6.48. The van der Waals surface area contributed by atoms with Crippen LogP contribution in [-0.2, 0) is 4.79 Å². The van der Waals surface area contributed by atoms with Crippen molar-refractivity contribution in [3.63, 3.8) is 0 Å². The van der Waals surface area contributed by atoms with Crippen molar-refractivity contribution in [1.29, 1.82) is 0 Å². The fourth-order valence-corrected chi connectivity index (χ4v) is 2.91. The number of benzene rings is 1. The minimum Gasteiger partial charge on any atom is -0.481 e. The number of hydrogen-bond acceptors (Lipinski definition) is 2. The highest BCUT2D eigenvalue weighted by atomic mass is 35.5. The van der Waals surface area contributed by atoms with Crippen LogP contribution in [0.3, 0.4) is 0 Å². The number of carboxylic acids is 1. The fourth-order valence-electron chi connectivity index (χ4n) is 2.46. The van der Waals surface area contributed by atoms with Gasteiger partial charge in [0.2, 0.25) is 0 Å². The summed E-state index contributed by atoms with van der Waals surface area (Å²) in [5.74, 6) is -2.32. The summed E-state index contributed by atoms with van der Waals surface area (Å²) in [6.07, 6.45) is -1.85. The van der Waals surface area contributed by atoms with E-state index >= 15 is 0 Å². The Morgan fingerprint density at radius 3 is 2.55 bits per heavy atom. The summed E-state index contributed by atoms with van der Waals surface area (Å²) in [7, 11) is 0. The second-order valence-corrected chi connectivity index (χ2v) is 6.60. The zero-order valence-corrected chi connectivity index (χ0v) is 13.3. The van der Waals surface area contributed by atoms with Gasteiger partial charge in [-0.05, 0) is 29.5 Å². The predicted molar refractivity (Wildman–Crippen MR) is 79.6 cm³/mol. The Kier molecular flexibility index (Phi) is 4.42. The van der Waals surface area contributed by atoms with Crippen LogP contribution in [-0.4, -0.2) is 17.2 Å². The number of alkyl halides is 2. The Balaban J connectivity index is 2.08. The molecule has 0 spiro atoms. The van der Waals surface area contributed by atoms with Crippen LogP contribution in [0.2, 0.25) is 10.0 Å². The molecular formula is C15H14Cl2F2O3. The average molecular weight is 351 g/mol. The zero-order valence-electron chi connectivity index (χ0n) is 11.8. The van der Waals surface area contributed by atoms with Crippen molar-refractivity contribution >= 4 is 29.2 Å². The predicted octanol–water partition coefficient (Wildman–Crippen LogP) is 4.88. The molecule has 1 aromatic rings. The molecule has 1 fully saturated rings. The third kappa shape index (κ3) is 3.52. The van der Waals surface area contributed by atoms with Gasteiger partial charge in [0.25, 0.3) is 0 Å². The molecule has 22 heavy (non-hydrogen) atoms. The minimum atomic E-state index is -3.60. The number of carbonyl (C=O) groups is 1. The van der Waals surface area contributed by atoms with E-state index in [1.807, 2.05) is 0 Å². The van der Waals surface area contributed by atoms with Crippen molar-refractivity contribution in [1.82, 2.24) is 0 Å². The summed E-state index contributed by atoms with van der Waals surface area (Å²) >= 11 is 11.5. The van der Waals surface area contributed by atoms with Gasteiger partial charge in [-0.25, -0.2) is 0 Å². The molecule has 1 N–H and O–H groups in total. The SMILES string of the molecule is CC1(C)C(C=CC(F)(F)Oc2ccc(Cl)cc2Cl)C1C(=O)O. The Morgan fingerprint density at radius 2 is 2.05 bits per heavy atom. The molecular weight excluding hydrogens is 337 g/mol. The number of carboxylic acid groups (broad SMARTS) is 1. The molecule has 1 aliphatic rings. The summed E-state index contributed by atoms with van der Waals surface area (Å²) in [6, 6.07) is 3.92. The summed E-state index contributed by atoms with van der Waals surface area (Å²) in [4.78, 5) is 11.0. The third-order valence-electron chi connectivity index (χ3n) is 3.81. The lowest BCUT2D eigenvalue weighted by atomic mass is 10.1. The van der Waals surface area contributed by atoms with E-state index in [0.29, 0.717) is 11.1 Å². The third-order valence-corrected chi connectivity index (χ3v) is 4.34. The molecule has 120 valence electrons. The van der Waals surface area contributed by atoms with E-state index < -0.39 is 29.3 Å². The quantitative estimate of drug-likeness (QED) is 0.770. The molecule has 0 heterocycles. The summed E-state index contributed by atoms with van der Waals surface area (Å²) in [5, 5.41) is 9.28. The van der Waals surface area contributed by atoms with Crippen LogP contribution in [0.1, 0.15) is 13.8 Å². The van der Waals surface area contributed by atoms with Crippen molar-refractivity contribution in [2.45, 2.75) is 20.0 Å². The Morgan fingerprint density at radius 1 is 1.41 bits per heavy atom.